The molecule has 1 heterocycles. The Balaban J connectivity index is 1.92. The van der Waals surface area contributed by atoms with Gasteiger partial charge in [-0.25, -0.2) is 4.98 Å². The number of fused-ring (bicyclic) bond motifs is 1. The normalized spacial score (nSPS) is 10.3. The Labute approximate surface area is 104 Å². The molecular formula is C12H14N4O2. The molecule has 0 aliphatic rings. The van der Waals surface area contributed by atoms with E-state index in [1.807, 2.05) is 24.3 Å². The average Bonchev–Trinajstić information content (AvgIpc) is 2.70. The summed E-state index contributed by atoms with van der Waals surface area (Å²) in [6, 6.07) is 7.52. The van der Waals surface area contributed by atoms with Gasteiger partial charge in [-0.05, 0) is 12.1 Å². The Morgan fingerprint density at radius 3 is 2.83 bits per heavy atom. The van der Waals surface area contributed by atoms with Crippen molar-refractivity contribution in [3.8, 4) is 0 Å². The maximum Gasteiger partial charge on any atom is 0.228 e. The van der Waals surface area contributed by atoms with Gasteiger partial charge in [0.15, 0.2) is 0 Å². The molecule has 0 unspecified atom stereocenters. The number of hydrogen-bond donors (Lipinski definition) is 3. The van der Waals surface area contributed by atoms with E-state index in [-0.39, 0.29) is 18.2 Å². The molecule has 0 saturated heterocycles. The molecule has 2 aromatic rings. The predicted octanol–water partition coefficient (Wildman–Crippen LogP) is 1.03. The first-order valence-electron chi connectivity index (χ1n) is 5.64. The van der Waals surface area contributed by atoms with Crippen molar-refractivity contribution in [3.05, 3.63) is 24.3 Å². The molecule has 18 heavy (non-hydrogen) atoms. The molecule has 0 aliphatic heterocycles. The van der Waals surface area contributed by atoms with Crippen LogP contribution in [-0.2, 0) is 9.59 Å². The number of benzene rings is 1. The smallest absolute Gasteiger partial charge is 0.228 e. The number of para-hydroxylation sites is 2. The summed E-state index contributed by atoms with van der Waals surface area (Å²) in [5, 5.41) is 5.21. The van der Waals surface area contributed by atoms with Crippen LogP contribution in [0.5, 0.6) is 0 Å². The van der Waals surface area contributed by atoms with E-state index in [9.17, 15) is 9.59 Å². The number of hydrogen-bond acceptors (Lipinski definition) is 3. The largest absolute Gasteiger partial charge is 0.356 e. The van der Waals surface area contributed by atoms with Gasteiger partial charge >= 0.3 is 0 Å². The number of carbonyl (C=O) groups is 2. The van der Waals surface area contributed by atoms with Gasteiger partial charge in [-0.3, -0.25) is 14.9 Å². The van der Waals surface area contributed by atoms with Gasteiger partial charge in [-0.1, -0.05) is 12.1 Å². The lowest BCUT2D eigenvalue weighted by Crippen LogP contribution is -2.25. The third-order valence-electron chi connectivity index (χ3n) is 2.37. The van der Waals surface area contributed by atoms with Crippen LogP contribution in [0.3, 0.4) is 0 Å². The van der Waals surface area contributed by atoms with Crippen LogP contribution in [-0.4, -0.2) is 28.3 Å². The van der Waals surface area contributed by atoms with Crippen LogP contribution in [0.15, 0.2) is 24.3 Å². The van der Waals surface area contributed by atoms with Crippen LogP contribution >= 0.6 is 0 Å². The van der Waals surface area contributed by atoms with Crippen LogP contribution in [0.1, 0.15) is 13.3 Å². The summed E-state index contributed by atoms with van der Waals surface area (Å²) in [5.74, 6) is 0.0818. The zero-order valence-electron chi connectivity index (χ0n) is 9.99. The standard InChI is InChI=1S/C12H14N4O2/c1-8(17)13-7-6-11(18)16-12-14-9-4-2-3-5-10(9)15-12/h2-5H,6-7H2,1H3,(H,13,17)(H2,14,15,16,18). The fourth-order valence-electron chi connectivity index (χ4n) is 1.56. The number of carbonyl (C=O) groups excluding carboxylic acids is 2. The molecule has 0 saturated carbocycles. The Morgan fingerprint density at radius 2 is 2.11 bits per heavy atom. The topological polar surface area (TPSA) is 86.9 Å². The summed E-state index contributed by atoms with van der Waals surface area (Å²) in [4.78, 5) is 29.4. The molecule has 94 valence electrons. The van der Waals surface area contributed by atoms with Crippen molar-refractivity contribution in [1.29, 1.82) is 0 Å². The van der Waals surface area contributed by atoms with E-state index in [1.54, 1.807) is 0 Å². The van der Waals surface area contributed by atoms with Crippen LogP contribution in [0, 0.1) is 0 Å². The maximum atomic E-state index is 11.5. The summed E-state index contributed by atoms with van der Waals surface area (Å²) in [5.41, 5.74) is 1.67. The van der Waals surface area contributed by atoms with Gasteiger partial charge in [0.25, 0.3) is 0 Å². The number of nitrogens with one attached hydrogen (secondary N) is 3. The lowest BCUT2D eigenvalue weighted by atomic mass is 10.3. The van der Waals surface area contributed by atoms with Gasteiger partial charge in [-0.2, -0.15) is 0 Å². The van der Waals surface area contributed by atoms with Crippen molar-refractivity contribution >= 4 is 28.8 Å². The summed E-state index contributed by atoms with van der Waals surface area (Å²) >= 11 is 0. The minimum absolute atomic E-state index is 0.147. The Morgan fingerprint density at radius 1 is 1.33 bits per heavy atom. The summed E-state index contributed by atoms with van der Waals surface area (Å²) < 4.78 is 0. The fraction of sp³-hybridized carbons (Fsp3) is 0.250. The Kier molecular flexibility index (Phi) is 3.57. The minimum atomic E-state index is -0.192. The zero-order valence-corrected chi connectivity index (χ0v) is 9.99. The van der Waals surface area contributed by atoms with Crippen molar-refractivity contribution in [2.75, 3.05) is 11.9 Å². The van der Waals surface area contributed by atoms with Gasteiger partial charge in [0.05, 0.1) is 11.0 Å². The molecule has 0 radical (unpaired) electrons. The molecule has 3 N–H and O–H groups in total. The molecule has 0 fully saturated rings. The van der Waals surface area contributed by atoms with E-state index in [0.717, 1.165) is 11.0 Å². The van der Waals surface area contributed by atoms with Crippen molar-refractivity contribution in [2.24, 2.45) is 0 Å². The highest BCUT2D eigenvalue weighted by atomic mass is 16.2. The maximum absolute atomic E-state index is 11.5. The molecule has 1 aromatic carbocycles. The average molecular weight is 246 g/mol. The van der Waals surface area contributed by atoms with Gasteiger partial charge in [0.2, 0.25) is 17.8 Å². The van der Waals surface area contributed by atoms with Crippen LogP contribution in [0.25, 0.3) is 11.0 Å². The predicted molar refractivity (Wildman–Crippen MR) is 68.0 cm³/mol. The Hall–Kier alpha value is -2.37. The third kappa shape index (κ3) is 3.07. The second-order valence-electron chi connectivity index (χ2n) is 3.88. The summed E-state index contributed by atoms with van der Waals surface area (Å²) in [7, 11) is 0. The van der Waals surface area contributed by atoms with E-state index in [0.29, 0.717) is 12.5 Å². The Bertz CT molecular complexity index is 543. The number of nitrogens with zero attached hydrogens (tertiary/aromatic N) is 1. The highest BCUT2D eigenvalue weighted by Crippen LogP contribution is 2.13. The number of amides is 2. The molecule has 6 heteroatoms. The summed E-state index contributed by atoms with van der Waals surface area (Å²) in [6.07, 6.45) is 0.219. The molecule has 2 rings (SSSR count). The quantitative estimate of drug-likeness (QED) is 0.753. The van der Waals surface area contributed by atoms with Crippen LogP contribution < -0.4 is 10.6 Å². The third-order valence-corrected chi connectivity index (χ3v) is 2.37. The summed E-state index contributed by atoms with van der Waals surface area (Å²) in [6.45, 7) is 1.73. The van der Waals surface area contributed by atoms with E-state index >= 15 is 0 Å². The lowest BCUT2D eigenvalue weighted by Gasteiger charge is -2.02. The van der Waals surface area contributed by atoms with E-state index in [1.165, 1.54) is 6.92 Å². The molecule has 6 nitrogen and oxygen atoms in total. The van der Waals surface area contributed by atoms with Crippen molar-refractivity contribution < 1.29 is 9.59 Å². The van der Waals surface area contributed by atoms with Gasteiger partial charge in [0, 0.05) is 19.9 Å². The van der Waals surface area contributed by atoms with E-state index < -0.39 is 0 Å². The molecule has 0 atom stereocenters. The lowest BCUT2D eigenvalue weighted by molar-refractivity contribution is -0.119. The van der Waals surface area contributed by atoms with E-state index in [2.05, 4.69) is 20.6 Å². The van der Waals surface area contributed by atoms with Crippen molar-refractivity contribution in [3.63, 3.8) is 0 Å². The SMILES string of the molecule is CC(=O)NCCC(=O)Nc1nc2ccccc2[nH]1. The zero-order chi connectivity index (χ0) is 13.0. The van der Waals surface area contributed by atoms with Crippen molar-refractivity contribution in [1.82, 2.24) is 15.3 Å². The van der Waals surface area contributed by atoms with Gasteiger partial charge in [-0.15, -0.1) is 0 Å². The number of H-pyrrole nitrogens is 1. The molecular weight excluding hydrogens is 232 g/mol. The number of imidazole rings is 1. The first-order valence-corrected chi connectivity index (χ1v) is 5.64. The number of aromatic amines is 1. The van der Waals surface area contributed by atoms with Crippen LogP contribution in [0.2, 0.25) is 0 Å². The molecule has 0 bridgehead atoms. The second-order valence-corrected chi connectivity index (χ2v) is 3.88. The minimum Gasteiger partial charge on any atom is -0.356 e. The highest BCUT2D eigenvalue weighted by Gasteiger charge is 2.06. The molecule has 2 amide bonds. The van der Waals surface area contributed by atoms with Crippen molar-refractivity contribution in [2.45, 2.75) is 13.3 Å². The number of rotatable bonds is 4. The van der Waals surface area contributed by atoms with Crippen LogP contribution in [0.4, 0.5) is 5.95 Å². The molecule has 0 aliphatic carbocycles. The number of aromatic nitrogens is 2. The molecule has 1 aromatic heterocycles. The highest BCUT2D eigenvalue weighted by molar-refractivity contribution is 5.91. The first kappa shape index (κ1) is 12.1. The monoisotopic (exact) mass is 246 g/mol. The number of anilines is 1. The fourth-order valence-corrected chi connectivity index (χ4v) is 1.56. The molecule has 0 spiro atoms. The second kappa shape index (κ2) is 5.31. The van der Waals surface area contributed by atoms with Gasteiger partial charge < -0.3 is 10.3 Å². The first-order chi connectivity index (χ1) is 8.65. The van der Waals surface area contributed by atoms with Gasteiger partial charge in [0.1, 0.15) is 0 Å². The van der Waals surface area contributed by atoms with E-state index in [4.69, 9.17) is 0 Å².